The molecule has 7 heteroatoms. The largest absolute Gasteiger partial charge is 0.382 e. The first kappa shape index (κ1) is 16.8. The van der Waals surface area contributed by atoms with Gasteiger partial charge in [-0.2, -0.15) is 4.98 Å². The van der Waals surface area contributed by atoms with Gasteiger partial charge in [-0.3, -0.25) is 14.3 Å². The first-order valence-electron chi connectivity index (χ1n) is 7.25. The number of amides is 1. The molecule has 0 saturated carbocycles. The summed E-state index contributed by atoms with van der Waals surface area (Å²) >= 11 is 0. The summed E-state index contributed by atoms with van der Waals surface area (Å²) < 4.78 is 6.47. The van der Waals surface area contributed by atoms with Crippen molar-refractivity contribution in [2.45, 2.75) is 26.4 Å². The summed E-state index contributed by atoms with van der Waals surface area (Å²) in [5.74, 6) is -0.298. The van der Waals surface area contributed by atoms with Gasteiger partial charge in [-0.05, 0) is 32.0 Å². The molecule has 1 atom stereocenters. The fourth-order valence-corrected chi connectivity index (χ4v) is 2.30. The van der Waals surface area contributed by atoms with Crippen LogP contribution in [-0.2, 0) is 16.1 Å². The zero-order valence-corrected chi connectivity index (χ0v) is 13.4. The first-order chi connectivity index (χ1) is 11.0. The maximum atomic E-state index is 12.3. The van der Waals surface area contributed by atoms with Gasteiger partial charge in [0.25, 0.3) is 0 Å². The van der Waals surface area contributed by atoms with Gasteiger partial charge in [0.1, 0.15) is 6.54 Å². The predicted molar refractivity (Wildman–Crippen MR) is 85.0 cm³/mol. The molecule has 1 amide bonds. The minimum atomic E-state index is -0.432. The van der Waals surface area contributed by atoms with Crippen LogP contribution in [-0.4, -0.2) is 34.2 Å². The van der Waals surface area contributed by atoms with Crippen molar-refractivity contribution >= 4 is 5.91 Å². The van der Waals surface area contributed by atoms with Crippen LogP contribution in [0.3, 0.4) is 0 Å². The van der Waals surface area contributed by atoms with Gasteiger partial charge in [0.15, 0.2) is 0 Å². The number of pyridine rings is 1. The second-order valence-corrected chi connectivity index (χ2v) is 5.24. The van der Waals surface area contributed by atoms with Gasteiger partial charge in [0, 0.05) is 24.7 Å². The number of aromatic nitrogens is 3. The molecule has 23 heavy (non-hydrogen) atoms. The van der Waals surface area contributed by atoms with Gasteiger partial charge in [-0.1, -0.05) is 6.07 Å². The zero-order chi connectivity index (χ0) is 16.8. The van der Waals surface area contributed by atoms with Gasteiger partial charge < -0.3 is 10.1 Å². The van der Waals surface area contributed by atoms with Crippen LogP contribution in [0.5, 0.6) is 0 Å². The summed E-state index contributed by atoms with van der Waals surface area (Å²) in [7, 11) is 1.56. The molecule has 0 spiro atoms. The molecule has 0 unspecified atom stereocenters. The molecule has 1 N–H and O–H groups in total. The topological polar surface area (TPSA) is 86.1 Å². The summed E-state index contributed by atoms with van der Waals surface area (Å²) in [6.45, 7) is 3.72. The summed E-state index contributed by atoms with van der Waals surface area (Å²) in [6.07, 6.45) is 1.66. The Labute approximate surface area is 134 Å². The molecule has 2 aromatic heterocycles. The lowest BCUT2D eigenvalue weighted by atomic mass is 10.2. The molecule has 0 aliphatic heterocycles. The Hall–Kier alpha value is -2.54. The van der Waals surface area contributed by atoms with Gasteiger partial charge in [0.2, 0.25) is 5.91 Å². The molecule has 0 aliphatic carbocycles. The van der Waals surface area contributed by atoms with E-state index in [1.807, 2.05) is 12.1 Å². The number of carbonyl (C=O) groups is 1. The summed E-state index contributed by atoms with van der Waals surface area (Å²) in [6, 6.07) is 6.85. The number of ether oxygens (including phenoxy) is 1. The molecule has 2 heterocycles. The fourth-order valence-electron chi connectivity index (χ4n) is 2.30. The van der Waals surface area contributed by atoms with Crippen molar-refractivity contribution in [1.82, 2.24) is 19.9 Å². The highest BCUT2D eigenvalue weighted by Gasteiger charge is 2.17. The van der Waals surface area contributed by atoms with E-state index in [0.717, 1.165) is 0 Å². The Bertz CT molecular complexity index is 728. The monoisotopic (exact) mass is 316 g/mol. The maximum absolute atomic E-state index is 12.3. The molecule has 2 aromatic rings. The second kappa shape index (κ2) is 7.64. The highest BCUT2D eigenvalue weighted by Crippen LogP contribution is 2.09. The van der Waals surface area contributed by atoms with Gasteiger partial charge in [-0.25, -0.2) is 4.79 Å². The molecule has 122 valence electrons. The van der Waals surface area contributed by atoms with E-state index in [1.54, 1.807) is 39.3 Å². The average Bonchev–Trinajstić information content (AvgIpc) is 2.51. The van der Waals surface area contributed by atoms with E-state index in [-0.39, 0.29) is 18.5 Å². The number of hydrogen-bond donors (Lipinski definition) is 1. The Morgan fingerprint density at radius 2 is 2.17 bits per heavy atom. The SMILES string of the molecule is COC[C@H](NC(=O)Cn1c(C)cc(C)nc1=O)c1ccccn1. The summed E-state index contributed by atoms with van der Waals surface area (Å²) in [5.41, 5.74) is 1.60. The van der Waals surface area contributed by atoms with Crippen LogP contribution in [0.15, 0.2) is 35.3 Å². The molecule has 0 saturated heterocycles. The van der Waals surface area contributed by atoms with E-state index in [9.17, 15) is 9.59 Å². The molecule has 2 rings (SSSR count). The van der Waals surface area contributed by atoms with Gasteiger partial charge in [0.05, 0.1) is 18.3 Å². The minimum Gasteiger partial charge on any atom is -0.382 e. The number of nitrogens with one attached hydrogen (secondary N) is 1. The number of nitrogens with zero attached hydrogens (tertiary/aromatic N) is 3. The van der Waals surface area contributed by atoms with E-state index in [0.29, 0.717) is 23.7 Å². The van der Waals surface area contributed by atoms with Crippen molar-refractivity contribution < 1.29 is 9.53 Å². The van der Waals surface area contributed by atoms with Crippen LogP contribution in [0.4, 0.5) is 0 Å². The summed E-state index contributed by atoms with van der Waals surface area (Å²) in [5, 5.41) is 2.84. The van der Waals surface area contributed by atoms with Crippen LogP contribution in [0, 0.1) is 13.8 Å². The molecule has 0 fully saturated rings. The number of hydrogen-bond acceptors (Lipinski definition) is 5. The third-order valence-electron chi connectivity index (χ3n) is 3.36. The second-order valence-electron chi connectivity index (χ2n) is 5.24. The lowest BCUT2D eigenvalue weighted by Gasteiger charge is -2.18. The average molecular weight is 316 g/mol. The van der Waals surface area contributed by atoms with E-state index >= 15 is 0 Å². The highest BCUT2D eigenvalue weighted by atomic mass is 16.5. The first-order valence-corrected chi connectivity index (χ1v) is 7.25. The fraction of sp³-hybridized carbons (Fsp3) is 0.375. The van der Waals surface area contributed by atoms with Crippen molar-refractivity contribution in [3.05, 3.63) is 58.0 Å². The van der Waals surface area contributed by atoms with Crippen molar-refractivity contribution in [1.29, 1.82) is 0 Å². The number of methoxy groups -OCH3 is 1. The van der Waals surface area contributed by atoms with E-state index in [4.69, 9.17) is 4.74 Å². The van der Waals surface area contributed by atoms with Crippen LogP contribution >= 0.6 is 0 Å². The van der Waals surface area contributed by atoms with Crippen LogP contribution < -0.4 is 11.0 Å². The molecule has 7 nitrogen and oxygen atoms in total. The zero-order valence-electron chi connectivity index (χ0n) is 13.4. The lowest BCUT2D eigenvalue weighted by Crippen LogP contribution is -2.38. The Balaban J connectivity index is 2.13. The number of carbonyl (C=O) groups excluding carboxylic acids is 1. The standard InChI is InChI=1S/C16H20N4O3/c1-11-8-12(2)20(16(22)18-11)9-15(21)19-14(10-23-3)13-6-4-5-7-17-13/h4-8,14H,9-10H2,1-3H3,(H,19,21)/t14-/m0/s1. The van der Waals surface area contributed by atoms with Crippen molar-refractivity contribution in [3.8, 4) is 0 Å². The number of aryl methyl sites for hydroxylation is 2. The van der Waals surface area contributed by atoms with Crippen LogP contribution in [0.25, 0.3) is 0 Å². The van der Waals surface area contributed by atoms with E-state index in [2.05, 4.69) is 15.3 Å². The molecule has 0 bridgehead atoms. The molecule has 0 aromatic carbocycles. The third kappa shape index (κ3) is 4.46. The highest BCUT2D eigenvalue weighted by molar-refractivity contribution is 5.76. The van der Waals surface area contributed by atoms with Crippen molar-refractivity contribution in [2.24, 2.45) is 0 Å². The Morgan fingerprint density at radius 3 is 2.78 bits per heavy atom. The maximum Gasteiger partial charge on any atom is 0.348 e. The lowest BCUT2D eigenvalue weighted by molar-refractivity contribution is -0.123. The predicted octanol–water partition coefficient (Wildman–Crippen LogP) is 0.759. The molecular formula is C16H20N4O3. The van der Waals surface area contributed by atoms with Crippen LogP contribution in [0.1, 0.15) is 23.1 Å². The smallest absolute Gasteiger partial charge is 0.348 e. The van der Waals surface area contributed by atoms with Gasteiger partial charge >= 0.3 is 5.69 Å². The quantitative estimate of drug-likeness (QED) is 0.850. The molecule has 0 aliphatic rings. The Kier molecular flexibility index (Phi) is 5.59. The summed E-state index contributed by atoms with van der Waals surface area (Å²) in [4.78, 5) is 32.3. The van der Waals surface area contributed by atoms with E-state index < -0.39 is 5.69 Å². The molecule has 0 radical (unpaired) electrons. The van der Waals surface area contributed by atoms with Gasteiger partial charge in [-0.15, -0.1) is 0 Å². The minimum absolute atomic E-state index is 0.0923. The molecular weight excluding hydrogens is 296 g/mol. The number of rotatable bonds is 6. The van der Waals surface area contributed by atoms with Crippen molar-refractivity contribution in [2.75, 3.05) is 13.7 Å². The Morgan fingerprint density at radius 1 is 1.39 bits per heavy atom. The third-order valence-corrected chi connectivity index (χ3v) is 3.36. The van der Waals surface area contributed by atoms with E-state index in [1.165, 1.54) is 4.57 Å². The van der Waals surface area contributed by atoms with Crippen molar-refractivity contribution in [3.63, 3.8) is 0 Å². The van der Waals surface area contributed by atoms with Crippen LogP contribution in [0.2, 0.25) is 0 Å². The normalized spacial score (nSPS) is 12.0.